The van der Waals surface area contributed by atoms with Gasteiger partial charge in [0.1, 0.15) is 5.60 Å². The van der Waals surface area contributed by atoms with Gasteiger partial charge in [0.25, 0.3) is 0 Å². The first kappa shape index (κ1) is 18.2. The number of benzene rings is 2. The second-order valence-electron chi connectivity index (χ2n) is 7.77. The normalized spacial score (nSPS) is 14.7. The number of hydrogen-bond donors (Lipinski definition) is 0. The summed E-state index contributed by atoms with van der Waals surface area (Å²) in [6.45, 7) is 6.99. The topological polar surface area (TPSA) is 29.5 Å². The van der Waals surface area contributed by atoms with E-state index < -0.39 is 5.60 Å². The summed E-state index contributed by atoms with van der Waals surface area (Å²) < 4.78 is 5.46. The molecule has 26 heavy (non-hydrogen) atoms. The molecule has 3 nitrogen and oxygen atoms in total. The molecule has 1 aliphatic rings. The van der Waals surface area contributed by atoms with E-state index in [2.05, 4.69) is 54.6 Å². The SMILES string of the molecule is CC(C)(C)OC(=O)N1CC=C(c2cccc(Cc3ccccc3)c2)CC1. The highest BCUT2D eigenvalue weighted by molar-refractivity contribution is 5.73. The maximum Gasteiger partial charge on any atom is 0.410 e. The fourth-order valence-electron chi connectivity index (χ4n) is 3.14. The van der Waals surface area contributed by atoms with Gasteiger partial charge in [-0.2, -0.15) is 0 Å². The van der Waals surface area contributed by atoms with Crippen LogP contribution in [-0.4, -0.2) is 29.7 Å². The minimum absolute atomic E-state index is 0.231. The molecule has 0 aromatic heterocycles. The minimum atomic E-state index is -0.452. The van der Waals surface area contributed by atoms with Gasteiger partial charge in [0, 0.05) is 13.1 Å². The predicted molar refractivity (Wildman–Crippen MR) is 106 cm³/mol. The molecule has 0 saturated heterocycles. The molecule has 2 aromatic carbocycles. The van der Waals surface area contributed by atoms with Crippen molar-refractivity contribution in [2.75, 3.05) is 13.1 Å². The number of hydrogen-bond acceptors (Lipinski definition) is 2. The van der Waals surface area contributed by atoms with Crippen LogP contribution in [0.3, 0.4) is 0 Å². The zero-order valence-electron chi connectivity index (χ0n) is 15.9. The van der Waals surface area contributed by atoms with Gasteiger partial charge in [-0.3, -0.25) is 0 Å². The Balaban J connectivity index is 1.67. The summed E-state index contributed by atoms with van der Waals surface area (Å²) in [6.07, 6.45) is 3.71. The molecule has 1 aliphatic heterocycles. The van der Waals surface area contributed by atoms with E-state index in [0.717, 1.165) is 12.8 Å². The minimum Gasteiger partial charge on any atom is -0.444 e. The summed E-state index contributed by atoms with van der Waals surface area (Å²) in [6, 6.07) is 19.2. The van der Waals surface area contributed by atoms with Crippen LogP contribution in [0.5, 0.6) is 0 Å². The van der Waals surface area contributed by atoms with Crippen LogP contribution in [0.25, 0.3) is 5.57 Å². The fraction of sp³-hybridized carbons (Fsp3) is 0.348. The van der Waals surface area contributed by atoms with E-state index in [1.54, 1.807) is 4.90 Å². The second kappa shape index (κ2) is 7.77. The molecule has 0 radical (unpaired) electrons. The Morgan fingerprint density at radius 1 is 1.04 bits per heavy atom. The molecular formula is C23H27NO2. The van der Waals surface area contributed by atoms with Crippen LogP contribution in [0.15, 0.2) is 60.7 Å². The number of carbonyl (C=O) groups is 1. The van der Waals surface area contributed by atoms with Crippen LogP contribution in [0.1, 0.15) is 43.9 Å². The van der Waals surface area contributed by atoms with E-state index >= 15 is 0 Å². The van der Waals surface area contributed by atoms with E-state index in [-0.39, 0.29) is 6.09 Å². The van der Waals surface area contributed by atoms with Crippen molar-refractivity contribution in [1.29, 1.82) is 0 Å². The van der Waals surface area contributed by atoms with Gasteiger partial charge in [0.15, 0.2) is 0 Å². The first-order chi connectivity index (χ1) is 12.4. The van der Waals surface area contributed by atoms with Crippen molar-refractivity contribution in [3.05, 3.63) is 77.4 Å². The van der Waals surface area contributed by atoms with Crippen LogP contribution >= 0.6 is 0 Å². The number of nitrogens with zero attached hydrogens (tertiary/aromatic N) is 1. The van der Waals surface area contributed by atoms with Gasteiger partial charge in [-0.1, -0.05) is 60.7 Å². The smallest absolute Gasteiger partial charge is 0.410 e. The van der Waals surface area contributed by atoms with E-state index in [0.29, 0.717) is 13.1 Å². The van der Waals surface area contributed by atoms with Gasteiger partial charge in [-0.15, -0.1) is 0 Å². The molecule has 0 bridgehead atoms. The highest BCUT2D eigenvalue weighted by atomic mass is 16.6. The van der Waals surface area contributed by atoms with E-state index in [4.69, 9.17) is 4.74 Å². The molecule has 3 rings (SSSR count). The van der Waals surface area contributed by atoms with Crippen LogP contribution in [0, 0.1) is 0 Å². The third kappa shape index (κ3) is 4.98. The summed E-state index contributed by atoms with van der Waals surface area (Å²) >= 11 is 0. The Bertz CT molecular complexity index is 787. The molecule has 3 heteroatoms. The molecule has 0 aliphatic carbocycles. The molecule has 0 unspecified atom stereocenters. The van der Waals surface area contributed by atoms with Crippen molar-refractivity contribution in [3.63, 3.8) is 0 Å². The molecule has 1 amide bonds. The lowest BCUT2D eigenvalue weighted by Crippen LogP contribution is -2.39. The van der Waals surface area contributed by atoms with E-state index in [1.807, 2.05) is 26.8 Å². The van der Waals surface area contributed by atoms with E-state index in [9.17, 15) is 4.79 Å². The standard InChI is InChI=1S/C23H27NO2/c1-23(2,3)26-22(25)24-14-12-20(13-15-24)21-11-7-10-19(17-21)16-18-8-5-4-6-9-18/h4-12,17H,13-16H2,1-3H3. The van der Waals surface area contributed by atoms with E-state index in [1.165, 1.54) is 22.3 Å². The quantitative estimate of drug-likeness (QED) is 0.752. The van der Waals surface area contributed by atoms with Crippen LogP contribution in [0.4, 0.5) is 4.79 Å². The van der Waals surface area contributed by atoms with Crippen molar-refractivity contribution in [3.8, 4) is 0 Å². The molecule has 0 saturated carbocycles. The zero-order chi connectivity index (χ0) is 18.6. The molecule has 0 spiro atoms. The summed E-state index contributed by atoms with van der Waals surface area (Å²) in [5.74, 6) is 0. The third-order valence-electron chi connectivity index (χ3n) is 4.41. The van der Waals surface area contributed by atoms with Crippen LogP contribution < -0.4 is 0 Å². The molecular weight excluding hydrogens is 322 g/mol. The Kier molecular flexibility index (Phi) is 5.46. The van der Waals surface area contributed by atoms with Crippen molar-refractivity contribution in [1.82, 2.24) is 4.90 Å². The maximum atomic E-state index is 12.2. The Hall–Kier alpha value is -2.55. The van der Waals surface area contributed by atoms with Crippen molar-refractivity contribution in [2.24, 2.45) is 0 Å². The fourth-order valence-corrected chi connectivity index (χ4v) is 3.14. The van der Waals surface area contributed by atoms with Gasteiger partial charge in [-0.25, -0.2) is 4.79 Å². The Morgan fingerprint density at radius 3 is 2.42 bits per heavy atom. The molecule has 0 fully saturated rings. The lowest BCUT2D eigenvalue weighted by atomic mass is 9.96. The Morgan fingerprint density at radius 2 is 1.77 bits per heavy atom. The van der Waals surface area contributed by atoms with Crippen molar-refractivity contribution in [2.45, 2.75) is 39.2 Å². The molecule has 2 aromatic rings. The van der Waals surface area contributed by atoms with Gasteiger partial charge in [0.2, 0.25) is 0 Å². The molecule has 0 atom stereocenters. The predicted octanol–water partition coefficient (Wildman–Crippen LogP) is 5.30. The van der Waals surface area contributed by atoms with Gasteiger partial charge < -0.3 is 9.64 Å². The first-order valence-corrected chi connectivity index (χ1v) is 9.21. The summed E-state index contributed by atoms with van der Waals surface area (Å²) in [5.41, 5.74) is 4.73. The first-order valence-electron chi connectivity index (χ1n) is 9.21. The number of carbonyl (C=O) groups excluding carboxylic acids is 1. The number of amides is 1. The van der Waals surface area contributed by atoms with Gasteiger partial charge in [-0.05, 0) is 55.9 Å². The highest BCUT2D eigenvalue weighted by Crippen LogP contribution is 2.25. The Labute approximate surface area is 156 Å². The van der Waals surface area contributed by atoms with Crippen molar-refractivity contribution >= 4 is 11.7 Å². The lowest BCUT2D eigenvalue weighted by molar-refractivity contribution is 0.0270. The van der Waals surface area contributed by atoms with Gasteiger partial charge in [0.05, 0.1) is 0 Å². The van der Waals surface area contributed by atoms with Crippen LogP contribution in [0.2, 0.25) is 0 Å². The maximum absolute atomic E-state index is 12.2. The largest absolute Gasteiger partial charge is 0.444 e. The summed E-state index contributed by atoms with van der Waals surface area (Å²) in [7, 11) is 0. The second-order valence-corrected chi connectivity index (χ2v) is 7.77. The zero-order valence-corrected chi connectivity index (χ0v) is 15.9. The third-order valence-corrected chi connectivity index (χ3v) is 4.41. The summed E-state index contributed by atoms with van der Waals surface area (Å²) in [5, 5.41) is 0. The molecule has 1 heterocycles. The average Bonchev–Trinajstić information content (AvgIpc) is 2.61. The molecule has 136 valence electrons. The average molecular weight is 349 g/mol. The number of rotatable bonds is 3. The lowest BCUT2D eigenvalue weighted by Gasteiger charge is -2.29. The highest BCUT2D eigenvalue weighted by Gasteiger charge is 2.23. The molecule has 0 N–H and O–H groups in total. The van der Waals surface area contributed by atoms with Crippen molar-refractivity contribution < 1.29 is 9.53 Å². The van der Waals surface area contributed by atoms with Gasteiger partial charge >= 0.3 is 6.09 Å². The van der Waals surface area contributed by atoms with Crippen LogP contribution in [-0.2, 0) is 11.2 Å². The summed E-state index contributed by atoms with van der Waals surface area (Å²) in [4.78, 5) is 14.0. The monoisotopic (exact) mass is 349 g/mol. The number of ether oxygens (including phenoxy) is 1.